The fourth-order valence-electron chi connectivity index (χ4n) is 4.75. The lowest BCUT2D eigenvalue weighted by Gasteiger charge is -2.26. The van der Waals surface area contributed by atoms with Gasteiger partial charge in [0.1, 0.15) is 17.3 Å². The molecule has 36 heavy (non-hydrogen) atoms. The number of ketones is 1. The van der Waals surface area contributed by atoms with Gasteiger partial charge in [0.05, 0.1) is 18.2 Å². The molecule has 1 unspecified atom stereocenters. The zero-order valence-corrected chi connectivity index (χ0v) is 21.5. The molecule has 0 saturated carbocycles. The van der Waals surface area contributed by atoms with Crippen LogP contribution in [0.5, 0.6) is 0 Å². The normalized spacial score (nSPS) is 17.3. The first-order valence-corrected chi connectivity index (χ1v) is 12.3. The first kappa shape index (κ1) is 27.1. The number of nitrogens with zero attached hydrogens (tertiary/aromatic N) is 2. The van der Waals surface area contributed by atoms with Crippen LogP contribution in [-0.2, 0) is 14.3 Å². The molecule has 8 nitrogen and oxygen atoms in total. The lowest BCUT2D eigenvalue weighted by molar-refractivity contribution is -0.140. The molecule has 1 aromatic carbocycles. The number of aromatic nitrogens is 1. The predicted molar refractivity (Wildman–Crippen MR) is 134 cm³/mol. The lowest BCUT2D eigenvalue weighted by Crippen LogP contribution is -2.33. The Kier molecular flexibility index (Phi) is 8.68. The minimum absolute atomic E-state index is 0.0879. The quantitative estimate of drug-likeness (QED) is 0.221. The van der Waals surface area contributed by atoms with E-state index in [1.807, 2.05) is 0 Å². The molecule has 1 fully saturated rings. The van der Waals surface area contributed by atoms with Crippen molar-refractivity contribution in [3.05, 3.63) is 63.7 Å². The van der Waals surface area contributed by atoms with E-state index in [1.54, 1.807) is 20.8 Å². The Morgan fingerprint density at radius 1 is 1.14 bits per heavy atom. The van der Waals surface area contributed by atoms with E-state index in [9.17, 15) is 23.9 Å². The monoisotopic (exact) mass is 499 g/mol. The van der Waals surface area contributed by atoms with Gasteiger partial charge in [-0.3, -0.25) is 9.59 Å². The van der Waals surface area contributed by atoms with Gasteiger partial charge in [0, 0.05) is 17.8 Å². The van der Waals surface area contributed by atoms with E-state index in [4.69, 9.17) is 4.74 Å². The molecule has 1 atom stereocenters. The number of aromatic amines is 1. The molecule has 194 valence electrons. The SMILES string of the molecule is CCOC(=O)c1[nH]c(C)c(C(O)=C2C(=O)C(=O)N(CCCN(CC)CC)C2c2ccc(F)cc2)c1C. The molecule has 0 aliphatic carbocycles. The molecule has 3 rings (SSSR count). The van der Waals surface area contributed by atoms with Crippen LogP contribution in [0.3, 0.4) is 0 Å². The van der Waals surface area contributed by atoms with Crippen molar-refractivity contribution < 1.29 is 28.6 Å². The van der Waals surface area contributed by atoms with E-state index in [2.05, 4.69) is 23.7 Å². The molecule has 2 N–H and O–H groups in total. The summed E-state index contributed by atoms with van der Waals surface area (Å²) >= 11 is 0. The van der Waals surface area contributed by atoms with Crippen LogP contribution in [0, 0.1) is 19.7 Å². The second-order valence-electron chi connectivity index (χ2n) is 8.77. The van der Waals surface area contributed by atoms with Crippen molar-refractivity contribution in [3.63, 3.8) is 0 Å². The summed E-state index contributed by atoms with van der Waals surface area (Å²) in [5, 5.41) is 11.4. The zero-order valence-electron chi connectivity index (χ0n) is 21.5. The second-order valence-corrected chi connectivity index (χ2v) is 8.77. The maximum absolute atomic E-state index is 13.7. The first-order chi connectivity index (χ1) is 17.2. The number of Topliss-reactive ketones (excluding diaryl/α,β-unsaturated/α-hetero) is 1. The van der Waals surface area contributed by atoms with Crippen LogP contribution in [0.2, 0.25) is 0 Å². The highest BCUT2D eigenvalue weighted by molar-refractivity contribution is 6.46. The van der Waals surface area contributed by atoms with Crippen molar-refractivity contribution in [2.45, 2.75) is 47.1 Å². The van der Waals surface area contributed by atoms with Crippen molar-refractivity contribution >= 4 is 23.4 Å². The molecule has 1 saturated heterocycles. The number of ether oxygens (including phenoxy) is 1. The number of aryl methyl sites for hydroxylation is 1. The van der Waals surface area contributed by atoms with E-state index in [0.717, 1.165) is 19.6 Å². The lowest BCUT2D eigenvalue weighted by atomic mass is 9.94. The van der Waals surface area contributed by atoms with Crippen LogP contribution in [0.25, 0.3) is 5.76 Å². The van der Waals surface area contributed by atoms with Gasteiger partial charge in [-0.05, 0) is 70.1 Å². The highest BCUT2D eigenvalue weighted by atomic mass is 19.1. The van der Waals surface area contributed by atoms with Gasteiger partial charge < -0.3 is 24.6 Å². The van der Waals surface area contributed by atoms with Crippen molar-refractivity contribution in [2.75, 3.05) is 32.8 Å². The van der Waals surface area contributed by atoms with Crippen LogP contribution in [0.15, 0.2) is 29.8 Å². The summed E-state index contributed by atoms with van der Waals surface area (Å²) in [6.45, 7) is 12.0. The number of carbonyl (C=O) groups is 3. The molecule has 1 amide bonds. The Hall–Kier alpha value is -3.46. The zero-order chi connectivity index (χ0) is 26.6. The third-order valence-corrected chi connectivity index (χ3v) is 6.65. The third kappa shape index (κ3) is 5.21. The largest absolute Gasteiger partial charge is 0.507 e. The Morgan fingerprint density at radius 3 is 2.36 bits per heavy atom. The van der Waals surface area contributed by atoms with Crippen LogP contribution in [-0.4, -0.2) is 70.3 Å². The summed E-state index contributed by atoms with van der Waals surface area (Å²) in [5.41, 5.74) is 1.73. The average Bonchev–Trinajstić information content (AvgIpc) is 3.29. The van der Waals surface area contributed by atoms with Gasteiger partial charge in [0.15, 0.2) is 0 Å². The summed E-state index contributed by atoms with van der Waals surface area (Å²) < 4.78 is 18.8. The average molecular weight is 500 g/mol. The maximum Gasteiger partial charge on any atom is 0.355 e. The van der Waals surface area contributed by atoms with Gasteiger partial charge in [-0.25, -0.2) is 9.18 Å². The summed E-state index contributed by atoms with van der Waals surface area (Å²) in [4.78, 5) is 45.4. The Bertz CT molecular complexity index is 1160. The summed E-state index contributed by atoms with van der Waals surface area (Å²) in [6.07, 6.45) is 0.627. The Morgan fingerprint density at radius 2 is 1.78 bits per heavy atom. The van der Waals surface area contributed by atoms with Crippen LogP contribution in [0.4, 0.5) is 4.39 Å². The third-order valence-electron chi connectivity index (χ3n) is 6.65. The van der Waals surface area contributed by atoms with E-state index in [-0.39, 0.29) is 29.2 Å². The molecular formula is C27H34FN3O5. The molecular weight excluding hydrogens is 465 g/mol. The number of rotatable bonds is 10. The Balaban J connectivity index is 2.10. The van der Waals surface area contributed by atoms with Crippen molar-refractivity contribution in [1.82, 2.24) is 14.8 Å². The molecule has 2 heterocycles. The minimum atomic E-state index is -0.887. The number of esters is 1. The molecule has 1 aliphatic rings. The van der Waals surface area contributed by atoms with Gasteiger partial charge in [0.25, 0.3) is 11.7 Å². The van der Waals surface area contributed by atoms with Crippen molar-refractivity contribution in [2.24, 2.45) is 0 Å². The van der Waals surface area contributed by atoms with E-state index in [0.29, 0.717) is 29.8 Å². The number of carbonyl (C=O) groups excluding carboxylic acids is 3. The van der Waals surface area contributed by atoms with Crippen LogP contribution >= 0.6 is 0 Å². The number of amides is 1. The topological polar surface area (TPSA) is 103 Å². The number of likely N-dealkylation sites (tertiary alicyclic amines) is 1. The fourth-order valence-corrected chi connectivity index (χ4v) is 4.75. The smallest absolute Gasteiger partial charge is 0.355 e. The molecule has 1 aromatic heterocycles. The number of hydrogen-bond acceptors (Lipinski definition) is 6. The molecule has 1 aliphatic heterocycles. The summed E-state index contributed by atoms with van der Waals surface area (Å²) in [5.74, 6) is -2.95. The van der Waals surface area contributed by atoms with Gasteiger partial charge in [0.2, 0.25) is 0 Å². The maximum atomic E-state index is 13.7. The summed E-state index contributed by atoms with van der Waals surface area (Å²) in [6, 6.07) is 4.66. The van der Waals surface area contributed by atoms with Gasteiger partial charge in [-0.2, -0.15) is 0 Å². The van der Waals surface area contributed by atoms with Gasteiger partial charge in [-0.15, -0.1) is 0 Å². The van der Waals surface area contributed by atoms with E-state index >= 15 is 0 Å². The number of aliphatic hydroxyl groups is 1. The van der Waals surface area contributed by atoms with Crippen LogP contribution < -0.4 is 0 Å². The van der Waals surface area contributed by atoms with Crippen molar-refractivity contribution in [3.8, 4) is 0 Å². The second kappa shape index (κ2) is 11.5. The highest BCUT2D eigenvalue weighted by Gasteiger charge is 2.46. The number of benzene rings is 1. The molecule has 9 heteroatoms. The fraction of sp³-hybridized carbons (Fsp3) is 0.444. The van der Waals surface area contributed by atoms with E-state index < -0.39 is 29.5 Å². The van der Waals surface area contributed by atoms with E-state index in [1.165, 1.54) is 29.2 Å². The molecule has 0 radical (unpaired) electrons. The number of hydrogen-bond donors (Lipinski definition) is 2. The number of halogens is 1. The first-order valence-electron chi connectivity index (χ1n) is 12.3. The molecule has 0 spiro atoms. The Labute approximate surface area is 210 Å². The number of aliphatic hydroxyl groups excluding tert-OH is 1. The summed E-state index contributed by atoms with van der Waals surface area (Å²) in [7, 11) is 0. The standard InChI is InChI=1S/C27H34FN3O5/c1-6-30(7-2)14-9-15-31-23(18-10-12-19(28)13-11-18)21(25(33)26(31)34)24(32)20-16(4)22(29-17(20)5)27(35)36-8-3/h10-13,23,29,32H,6-9,14-15H2,1-5H3. The van der Waals surface area contributed by atoms with Crippen molar-refractivity contribution in [1.29, 1.82) is 0 Å². The van der Waals surface area contributed by atoms with Gasteiger partial charge in [-0.1, -0.05) is 26.0 Å². The predicted octanol–water partition coefficient (Wildman–Crippen LogP) is 4.10. The van der Waals surface area contributed by atoms with Gasteiger partial charge >= 0.3 is 5.97 Å². The molecule has 2 aromatic rings. The number of nitrogens with one attached hydrogen (secondary N) is 1. The van der Waals surface area contributed by atoms with Crippen LogP contribution in [0.1, 0.15) is 66.1 Å². The number of H-pyrrole nitrogens is 1. The minimum Gasteiger partial charge on any atom is -0.507 e. The molecule has 0 bridgehead atoms. The highest BCUT2D eigenvalue weighted by Crippen LogP contribution is 2.41.